The number of ether oxygens (including phenoxy) is 2. The second kappa shape index (κ2) is 9.64. The number of benzene rings is 1. The molecule has 1 amide bonds. The van der Waals surface area contributed by atoms with Crippen molar-refractivity contribution in [1.82, 2.24) is 5.32 Å². The van der Waals surface area contributed by atoms with Gasteiger partial charge in [-0.1, -0.05) is 37.6 Å². The topological polar surface area (TPSA) is 47.6 Å². The van der Waals surface area contributed by atoms with E-state index in [1.165, 1.54) is 0 Å². The Morgan fingerprint density at radius 3 is 2.67 bits per heavy atom. The van der Waals surface area contributed by atoms with Gasteiger partial charge in [-0.2, -0.15) is 0 Å². The summed E-state index contributed by atoms with van der Waals surface area (Å²) in [7, 11) is 0. The van der Waals surface area contributed by atoms with E-state index < -0.39 is 6.10 Å². The summed E-state index contributed by atoms with van der Waals surface area (Å²) in [6.45, 7) is 7.89. The summed E-state index contributed by atoms with van der Waals surface area (Å²) in [5.74, 6) is 0.893. The first-order chi connectivity index (χ1) is 10.0. The van der Waals surface area contributed by atoms with Gasteiger partial charge in [-0.15, -0.1) is 0 Å². The lowest BCUT2D eigenvalue weighted by Crippen LogP contribution is -2.37. The van der Waals surface area contributed by atoms with E-state index in [2.05, 4.69) is 19.2 Å². The summed E-state index contributed by atoms with van der Waals surface area (Å²) >= 11 is 5.99. The highest BCUT2D eigenvalue weighted by Gasteiger charge is 2.15. The van der Waals surface area contributed by atoms with Gasteiger partial charge in [0, 0.05) is 19.8 Å². The Bertz CT molecular complexity index is 437. The predicted octanol–water partition coefficient (Wildman–Crippen LogP) is 3.29. The zero-order chi connectivity index (χ0) is 15.7. The lowest BCUT2D eigenvalue weighted by molar-refractivity contribution is -0.127. The van der Waals surface area contributed by atoms with Crippen LogP contribution < -0.4 is 10.1 Å². The molecule has 0 aliphatic rings. The van der Waals surface area contributed by atoms with Gasteiger partial charge in [-0.3, -0.25) is 4.79 Å². The summed E-state index contributed by atoms with van der Waals surface area (Å²) in [4.78, 5) is 11.9. The van der Waals surface area contributed by atoms with Crippen molar-refractivity contribution in [2.75, 3.05) is 19.8 Å². The van der Waals surface area contributed by atoms with Crippen molar-refractivity contribution < 1.29 is 14.3 Å². The Morgan fingerprint density at radius 1 is 1.29 bits per heavy atom. The van der Waals surface area contributed by atoms with Crippen LogP contribution in [-0.4, -0.2) is 31.8 Å². The van der Waals surface area contributed by atoms with E-state index in [1.807, 2.05) is 12.1 Å². The first-order valence-corrected chi connectivity index (χ1v) is 7.65. The third kappa shape index (κ3) is 7.34. The van der Waals surface area contributed by atoms with Crippen molar-refractivity contribution in [3.05, 3.63) is 29.3 Å². The van der Waals surface area contributed by atoms with Crippen LogP contribution in [0.4, 0.5) is 0 Å². The quantitative estimate of drug-likeness (QED) is 0.712. The van der Waals surface area contributed by atoms with Gasteiger partial charge >= 0.3 is 0 Å². The molecule has 0 saturated carbocycles. The molecule has 0 saturated heterocycles. The van der Waals surface area contributed by atoms with Crippen LogP contribution >= 0.6 is 11.6 Å². The van der Waals surface area contributed by atoms with Gasteiger partial charge in [0.25, 0.3) is 5.91 Å². The van der Waals surface area contributed by atoms with Crippen LogP contribution in [0, 0.1) is 5.92 Å². The summed E-state index contributed by atoms with van der Waals surface area (Å²) in [6, 6.07) is 7.11. The number of nitrogens with one attached hydrogen (secondary N) is 1. The van der Waals surface area contributed by atoms with Crippen molar-refractivity contribution in [2.45, 2.75) is 33.3 Å². The fraction of sp³-hybridized carbons (Fsp3) is 0.562. The molecule has 0 aromatic heterocycles. The number of para-hydroxylation sites is 1. The van der Waals surface area contributed by atoms with E-state index in [4.69, 9.17) is 21.1 Å². The molecular formula is C16H24ClNO3. The van der Waals surface area contributed by atoms with Gasteiger partial charge in [-0.25, -0.2) is 0 Å². The number of amides is 1. The lowest BCUT2D eigenvalue weighted by Gasteiger charge is -2.15. The summed E-state index contributed by atoms with van der Waals surface area (Å²) in [5.41, 5.74) is 0. The van der Waals surface area contributed by atoms with Crippen molar-refractivity contribution in [3.8, 4) is 5.75 Å². The SMILES string of the molecule is CC(C)COCCCNC(=O)C(C)Oc1ccccc1Cl. The fourth-order valence-corrected chi connectivity index (χ4v) is 1.81. The molecule has 0 fully saturated rings. The second-order valence-corrected chi connectivity index (χ2v) is 5.71. The van der Waals surface area contributed by atoms with Crippen LogP contribution in [0.5, 0.6) is 5.75 Å². The molecule has 0 bridgehead atoms. The molecule has 1 atom stereocenters. The van der Waals surface area contributed by atoms with Gasteiger partial charge < -0.3 is 14.8 Å². The van der Waals surface area contributed by atoms with Crippen molar-refractivity contribution >= 4 is 17.5 Å². The maximum Gasteiger partial charge on any atom is 0.260 e. The molecule has 1 unspecified atom stereocenters. The average molecular weight is 314 g/mol. The third-order valence-corrected chi connectivity index (χ3v) is 3.04. The fourth-order valence-electron chi connectivity index (χ4n) is 1.63. The molecule has 0 heterocycles. The van der Waals surface area contributed by atoms with Crippen LogP contribution in [-0.2, 0) is 9.53 Å². The summed E-state index contributed by atoms with van der Waals surface area (Å²) < 4.78 is 11.0. The normalized spacial score (nSPS) is 12.2. The van der Waals surface area contributed by atoms with Crippen LogP contribution in [0.15, 0.2) is 24.3 Å². The number of hydrogen-bond acceptors (Lipinski definition) is 3. The number of carbonyl (C=O) groups excluding carboxylic acids is 1. The minimum atomic E-state index is -0.582. The van der Waals surface area contributed by atoms with Gasteiger partial charge in [0.1, 0.15) is 5.75 Å². The third-order valence-electron chi connectivity index (χ3n) is 2.73. The van der Waals surface area contributed by atoms with Crippen LogP contribution in [0.25, 0.3) is 0 Å². The van der Waals surface area contributed by atoms with Crippen molar-refractivity contribution in [2.24, 2.45) is 5.92 Å². The zero-order valence-corrected chi connectivity index (χ0v) is 13.7. The zero-order valence-electron chi connectivity index (χ0n) is 12.9. The molecule has 0 aliphatic carbocycles. The Morgan fingerprint density at radius 2 is 2.00 bits per heavy atom. The first kappa shape index (κ1) is 17.8. The minimum Gasteiger partial charge on any atom is -0.479 e. The monoisotopic (exact) mass is 313 g/mol. The number of hydrogen-bond donors (Lipinski definition) is 1. The molecule has 0 radical (unpaired) electrons. The molecule has 1 N–H and O–H groups in total. The molecule has 118 valence electrons. The van der Waals surface area contributed by atoms with E-state index in [-0.39, 0.29) is 5.91 Å². The number of rotatable bonds is 9. The minimum absolute atomic E-state index is 0.154. The predicted molar refractivity (Wildman–Crippen MR) is 84.8 cm³/mol. The number of carbonyl (C=O) groups is 1. The largest absolute Gasteiger partial charge is 0.479 e. The molecular weight excluding hydrogens is 290 g/mol. The van der Waals surface area contributed by atoms with Crippen LogP contribution in [0.1, 0.15) is 27.2 Å². The van der Waals surface area contributed by atoms with Crippen LogP contribution in [0.2, 0.25) is 5.02 Å². The molecule has 21 heavy (non-hydrogen) atoms. The smallest absolute Gasteiger partial charge is 0.260 e. The highest BCUT2D eigenvalue weighted by Crippen LogP contribution is 2.24. The van der Waals surface area contributed by atoms with Gasteiger partial charge in [0.15, 0.2) is 6.10 Å². The highest BCUT2D eigenvalue weighted by molar-refractivity contribution is 6.32. The summed E-state index contributed by atoms with van der Waals surface area (Å²) in [6.07, 6.45) is 0.207. The van der Waals surface area contributed by atoms with E-state index in [1.54, 1.807) is 19.1 Å². The van der Waals surface area contributed by atoms with E-state index in [0.29, 0.717) is 29.8 Å². The van der Waals surface area contributed by atoms with E-state index in [0.717, 1.165) is 13.0 Å². The van der Waals surface area contributed by atoms with Crippen LogP contribution in [0.3, 0.4) is 0 Å². The standard InChI is InChI=1S/C16H24ClNO3/c1-12(2)11-20-10-6-9-18-16(19)13(3)21-15-8-5-4-7-14(15)17/h4-5,7-8,12-13H,6,9-11H2,1-3H3,(H,18,19). The molecule has 0 aliphatic heterocycles. The van der Waals surface area contributed by atoms with E-state index in [9.17, 15) is 4.79 Å². The molecule has 1 rings (SSSR count). The molecule has 1 aromatic rings. The van der Waals surface area contributed by atoms with Gasteiger partial charge in [-0.05, 0) is 31.4 Å². The molecule has 4 nitrogen and oxygen atoms in total. The second-order valence-electron chi connectivity index (χ2n) is 5.30. The van der Waals surface area contributed by atoms with Crippen molar-refractivity contribution in [3.63, 3.8) is 0 Å². The van der Waals surface area contributed by atoms with E-state index >= 15 is 0 Å². The first-order valence-electron chi connectivity index (χ1n) is 7.27. The maximum absolute atomic E-state index is 11.9. The molecule has 5 heteroatoms. The van der Waals surface area contributed by atoms with Gasteiger partial charge in [0.05, 0.1) is 5.02 Å². The Kier molecular flexibility index (Phi) is 8.16. The Hall–Kier alpha value is -1.26. The molecule has 1 aromatic carbocycles. The Balaban J connectivity index is 2.21. The van der Waals surface area contributed by atoms with Gasteiger partial charge in [0.2, 0.25) is 0 Å². The lowest BCUT2D eigenvalue weighted by atomic mass is 10.2. The van der Waals surface area contributed by atoms with Crippen molar-refractivity contribution in [1.29, 1.82) is 0 Å². The highest BCUT2D eigenvalue weighted by atomic mass is 35.5. The average Bonchev–Trinajstić information content (AvgIpc) is 2.44. The molecule has 0 spiro atoms. The maximum atomic E-state index is 11.9. The Labute approximate surface area is 131 Å². The summed E-state index contributed by atoms with van der Waals surface area (Å²) in [5, 5.41) is 3.32. The number of halogens is 1.